The molecule has 3 nitrogen and oxygen atoms in total. The molecule has 1 unspecified atom stereocenters. The van der Waals surface area contributed by atoms with E-state index in [2.05, 4.69) is 11.9 Å². The van der Waals surface area contributed by atoms with Crippen LogP contribution in [0.5, 0.6) is 0 Å². The smallest absolute Gasteiger partial charge is 0.135 e. The van der Waals surface area contributed by atoms with Gasteiger partial charge in [0.1, 0.15) is 17.4 Å². The van der Waals surface area contributed by atoms with Gasteiger partial charge in [-0.1, -0.05) is 24.6 Å². The van der Waals surface area contributed by atoms with Crippen molar-refractivity contribution in [3.8, 4) is 0 Å². The van der Waals surface area contributed by atoms with Crippen LogP contribution in [-0.4, -0.2) is 30.1 Å². The predicted octanol–water partition coefficient (Wildman–Crippen LogP) is 3.20. The number of aliphatic hydroxyl groups is 1. The summed E-state index contributed by atoms with van der Waals surface area (Å²) in [5, 5.41) is 11.3. The summed E-state index contributed by atoms with van der Waals surface area (Å²) < 4.78 is 5.70. The van der Waals surface area contributed by atoms with Gasteiger partial charge in [0.05, 0.1) is 0 Å². The summed E-state index contributed by atoms with van der Waals surface area (Å²) in [5.41, 5.74) is 0.846. The highest BCUT2D eigenvalue weighted by atomic mass is 16.4. The lowest BCUT2D eigenvalue weighted by atomic mass is 9.85. The van der Waals surface area contributed by atoms with E-state index in [4.69, 9.17) is 4.42 Å². The first-order chi connectivity index (χ1) is 9.22. The maximum Gasteiger partial charge on any atom is 0.135 e. The summed E-state index contributed by atoms with van der Waals surface area (Å²) in [7, 11) is 2.07. The van der Waals surface area contributed by atoms with Crippen LogP contribution in [0.1, 0.15) is 31.1 Å². The van der Waals surface area contributed by atoms with E-state index in [0.717, 1.165) is 23.4 Å². The zero-order valence-corrected chi connectivity index (χ0v) is 11.4. The fourth-order valence-corrected chi connectivity index (χ4v) is 2.74. The highest BCUT2D eigenvalue weighted by molar-refractivity contribution is 5.77. The Balaban J connectivity index is 1.63. The van der Waals surface area contributed by atoms with E-state index in [9.17, 15) is 5.11 Å². The molecule has 102 valence electrons. The largest absolute Gasteiger partial charge is 0.458 e. The van der Waals surface area contributed by atoms with Gasteiger partial charge < -0.3 is 14.4 Å². The zero-order chi connectivity index (χ0) is 13.2. The molecule has 1 atom stereocenters. The third-order valence-electron chi connectivity index (χ3n) is 4.05. The minimum Gasteiger partial charge on any atom is -0.458 e. The molecule has 19 heavy (non-hydrogen) atoms. The molecule has 3 heteroatoms. The molecule has 1 fully saturated rings. The summed E-state index contributed by atoms with van der Waals surface area (Å²) >= 11 is 0. The lowest BCUT2D eigenvalue weighted by molar-refractivity contribution is 0.0917. The second-order valence-electron chi connectivity index (χ2n) is 5.72. The van der Waals surface area contributed by atoms with Crippen molar-refractivity contribution in [1.82, 2.24) is 4.90 Å². The predicted molar refractivity (Wildman–Crippen MR) is 76.0 cm³/mol. The van der Waals surface area contributed by atoms with Crippen LogP contribution in [0.15, 0.2) is 34.7 Å². The Morgan fingerprint density at radius 1 is 1.37 bits per heavy atom. The molecule has 0 saturated heterocycles. The lowest BCUT2D eigenvalue weighted by Gasteiger charge is -2.30. The van der Waals surface area contributed by atoms with Crippen molar-refractivity contribution in [2.45, 2.75) is 25.4 Å². The Bertz CT molecular complexity index is 511. The number of rotatable bonds is 5. The van der Waals surface area contributed by atoms with Crippen molar-refractivity contribution < 1.29 is 9.52 Å². The average Bonchev–Trinajstić information content (AvgIpc) is 2.77. The number of benzene rings is 1. The molecule has 1 saturated carbocycles. The maximum absolute atomic E-state index is 10.3. The van der Waals surface area contributed by atoms with E-state index in [1.165, 1.54) is 19.3 Å². The topological polar surface area (TPSA) is 36.6 Å². The summed E-state index contributed by atoms with van der Waals surface area (Å²) in [5.74, 6) is 1.49. The fourth-order valence-electron chi connectivity index (χ4n) is 2.74. The number of fused-ring (bicyclic) bond motifs is 1. The Hall–Kier alpha value is -1.32. The summed E-state index contributed by atoms with van der Waals surface area (Å²) in [6.07, 6.45) is 3.50. The molecule has 1 heterocycles. The highest BCUT2D eigenvalue weighted by Crippen LogP contribution is 2.28. The maximum atomic E-state index is 10.3. The number of hydrogen-bond donors (Lipinski definition) is 1. The molecule has 1 aromatic heterocycles. The first-order valence-corrected chi connectivity index (χ1v) is 7.07. The van der Waals surface area contributed by atoms with Gasteiger partial charge in [-0.25, -0.2) is 0 Å². The van der Waals surface area contributed by atoms with Crippen molar-refractivity contribution in [3.05, 3.63) is 36.1 Å². The van der Waals surface area contributed by atoms with Crippen molar-refractivity contribution in [2.75, 3.05) is 20.1 Å². The van der Waals surface area contributed by atoms with Crippen LogP contribution in [0.4, 0.5) is 0 Å². The van der Waals surface area contributed by atoms with Crippen molar-refractivity contribution in [2.24, 2.45) is 5.92 Å². The molecule has 0 aliphatic heterocycles. The van der Waals surface area contributed by atoms with Crippen molar-refractivity contribution in [3.63, 3.8) is 0 Å². The SMILES string of the molecule is CN(CC1CCC1)CC(O)c1cc2ccccc2o1. The quantitative estimate of drug-likeness (QED) is 0.896. The van der Waals surface area contributed by atoms with Gasteiger partial charge in [-0.2, -0.15) is 0 Å². The second kappa shape index (κ2) is 5.35. The van der Waals surface area contributed by atoms with Crippen LogP contribution in [0.2, 0.25) is 0 Å². The van der Waals surface area contributed by atoms with Gasteiger partial charge in [-0.3, -0.25) is 0 Å². The Morgan fingerprint density at radius 2 is 2.16 bits per heavy atom. The monoisotopic (exact) mass is 259 g/mol. The fraction of sp³-hybridized carbons (Fsp3) is 0.500. The first-order valence-electron chi connectivity index (χ1n) is 7.07. The van der Waals surface area contributed by atoms with Gasteiger partial charge in [-0.05, 0) is 37.9 Å². The molecule has 0 spiro atoms. The molecule has 3 rings (SSSR count). The molecule has 1 aliphatic carbocycles. The van der Waals surface area contributed by atoms with Crippen LogP contribution < -0.4 is 0 Å². The molecule has 0 amide bonds. The minimum atomic E-state index is -0.544. The van der Waals surface area contributed by atoms with Crippen LogP contribution in [0.25, 0.3) is 11.0 Å². The molecule has 0 bridgehead atoms. The number of para-hydroxylation sites is 1. The van der Waals surface area contributed by atoms with E-state index < -0.39 is 6.10 Å². The third kappa shape index (κ3) is 2.82. The zero-order valence-electron chi connectivity index (χ0n) is 11.4. The summed E-state index contributed by atoms with van der Waals surface area (Å²) in [4.78, 5) is 2.21. The second-order valence-corrected chi connectivity index (χ2v) is 5.72. The van der Waals surface area contributed by atoms with Gasteiger partial charge in [0, 0.05) is 18.5 Å². The third-order valence-corrected chi connectivity index (χ3v) is 4.05. The van der Waals surface area contributed by atoms with Gasteiger partial charge in [-0.15, -0.1) is 0 Å². The minimum absolute atomic E-state index is 0.544. The number of furan rings is 1. The van der Waals surface area contributed by atoms with Gasteiger partial charge >= 0.3 is 0 Å². The molecule has 1 aliphatic rings. The molecular formula is C16H21NO2. The van der Waals surface area contributed by atoms with Crippen molar-refractivity contribution >= 4 is 11.0 Å². The molecular weight excluding hydrogens is 238 g/mol. The lowest BCUT2D eigenvalue weighted by Crippen LogP contribution is -2.32. The molecule has 1 N–H and O–H groups in total. The molecule has 0 radical (unpaired) electrons. The van der Waals surface area contributed by atoms with E-state index in [1.807, 2.05) is 30.3 Å². The van der Waals surface area contributed by atoms with Crippen LogP contribution in [0.3, 0.4) is 0 Å². The normalized spacial score (nSPS) is 17.8. The average molecular weight is 259 g/mol. The summed E-state index contributed by atoms with van der Waals surface area (Å²) in [6.45, 7) is 1.72. The number of likely N-dealkylation sites (N-methyl/N-ethyl adjacent to an activating group) is 1. The Morgan fingerprint density at radius 3 is 2.84 bits per heavy atom. The number of hydrogen-bond acceptors (Lipinski definition) is 3. The standard InChI is InChI=1S/C16H21NO2/c1-17(10-12-5-4-6-12)11-14(18)16-9-13-7-2-3-8-15(13)19-16/h2-3,7-9,12,14,18H,4-6,10-11H2,1H3. The van der Waals surface area contributed by atoms with E-state index in [-0.39, 0.29) is 0 Å². The molecule has 1 aromatic carbocycles. The van der Waals surface area contributed by atoms with Crippen molar-refractivity contribution in [1.29, 1.82) is 0 Å². The summed E-state index contributed by atoms with van der Waals surface area (Å²) in [6, 6.07) is 9.81. The van der Waals surface area contributed by atoms with Crippen LogP contribution >= 0.6 is 0 Å². The van der Waals surface area contributed by atoms with Gasteiger partial charge in [0.25, 0.3) is 0 Å². The Kier molecular flexibility index (Phi) is 3.58. The van der Waals surface area contributed by atoms with E-state index in [0.29, 0.717) is 12.3 Å². The van der Waals surface area contributed by atoms with E-state index in [1.54, 1.807) is 0 Å². The van der Waals surface area contributed by atoms with Gasteiger partial charge in [0.2, 0.25) is 0 Å². The van der Waals surface area contributed by atoms with E-state index >= 15 is 0 Å². The van der Waals surface area contributed by atoms with Gasteiger partial charge in [0.15, 0.2) is 0 Å². The Labute approximate surface area is 113 Å². The first kappa shape index (κ1) is 12.7. The number of aliphatic hydroxyl groups excluding tert-OH is 1. The van der Waals surface area contributed by atoms with Crippen LogP contribution in [-0.2, 0) is 0 Å². The number of nitrogens with zero attached hydrogens (tertiary/aromatic N) is 1. The van der Waals surface area contributed by atoms with Crippen LogP contribution in [0, 0.1) is 5.92 Å². The highest BCUT2D eigenvalue weighted by Gasteiger charge is 2.21. The molecule has 2 aromatic rings.